The van der Waals surface area contributed by atoms with Crippen LogP contribution in [-0.2, 0) is 36.5 Å². The minimum Gasteiger partial charge on any atom is -0.405 e. The number of carbonyl (C=O) groups is 1. The van der Waals surface area contributed by atoms with Crippen molar-refractivity contribution >= 4 is 57.6 Å². The van der Waals surface area contributed by atoms with E-state index in [0.717, 1.165) is 16.6 Å². The fraction of sp³-hybridized carbons (Fsp3) is 0.256. The monoisotopic (exact) mass is 777 g/mol. The van der Waals surface area contributed by atoms with E-state index in [0.29, 0.717) is 29.7 Å². The first-order valence-electron chi connectivity index (χ1n) is 17.0. The lowest BCUT2D eigenvalue weighted by Crippen LogP contribution is -2.66. The Morgan fingerprint density at radius 3 is 2.00 bits per heavy atom. The summed E-state index contributed by atoms with van der Waals surface area (Å²) in [5.74, 6) is -0.962. The van der Waals surface area contributed by atoms with Crippen LogP contribution in [0.4, 0.5) is 36.3 Å². The zero-order valence-corrected chi connectivity index (χ0v) is 32.1. The predicted octanol–water partition coefficient (Wildman–Crippen LogP) is 6.79. The maximum absolute atomic E-state index is 13.8. The number of alkyl halides is 3. The first kappa shape index (κ1) is 40.1. The van der Waals surface area contributed by atoms with Gasteiger partial charge in [0.25, 0.3) is 8.32 Å². The Morgan fingerprint density at radius 2 is 1.43 bits per heavy atom. The van der Waals surface area contributed by atoms with E-state index in [1.54, 1.807) is 30.3 Å². The van der Waals surface area contributed by atoms with Gasteiger partial charge in [0.1, 0.15) is 18.0 Å². The highest BCUT2D eigenvalue weighted by molar-refractivity contribution is 7.90. The van der Waals surface area contributed by atoms with Gasteiger partial charge in [0.2, 0.25) is 11.9 Å². The van der Waals surface area contributed by atoms with Gasteiger partial charge < -0.3 is 25.1 Å². The topological polar surface area (TPSA) is 132 Å². The van der Waals surface area contributed by atoms with E-state index in [9.17, 15) is 26.4 Å². The zero-order chi connectivity index (χ0) is 39.0. The van der Waals surface area contributed by atoms with Gasteiger partial charge in [-0.1, -0.05) is 93.6 Å². The number of amides is 1. The lowest BCUT2D eigenvalue weighted by molar-refractivity contribution is -0.137. The fourth-order valence-electron chi connectivity index (χ4n) is 6.00. The Balaban J connectivity index is 1.16. The molecule has 0 bridgehead atoms. The number of nitrogens with zero attached hydrogens (tertiary/aromatic N) is 2. The summed E-state index contributed by atoms with van der Waals surface area (Å²) in [6.45, 7) is 6.75. The van der Waals surface area contributed by atoms with Crippen molar-refractivity contribution in [3.8, 4) is 0 Å². The molecular weight excluding hydrogens is 736 g/mol. The number of hydrogen-bond acceptors (Lipinski definition) is 9. The molecule has 4 aromatic carbocycles. The number of hydrogen-bond donors (Lipinski definition) is 3. The molecule has 15 heteroatoms. The van der Waals surface area contributed by atoms with E-state index in [-0.39, 0.29) is 41.5 Å². The second-order valence-electron chi connectivity index (χ2n) is 13.5. The summed E-state index contributed by atoms with van der Waals surface area (Å²) in [7, 11) is -6.23. The maximum Gasteiger partial charge on any atom is 0.421 e. The molecule has 0 aliphatic carbocycles. The van der Waals surface area contributed by atoms with Crippen LogP contribution in [0.1, 0.15) is 31.9 Å². The van der Waals surface area contributed by atoms with Gasteiger partial charge in [0, 0.05) is 30.4 Å². The Bertz CT molecular complexity index is 2100. The van der Waals surface area contributed by atoms with Gasteiger partial charge in [-0.25, -0.2) is 13.4 Å². The highest BCUT2D eigenvalue weighted by Gasteiger charge is 2.50. The van der Waals surface area contributed by atoms with Crippen molar-refractivity contribution in [3.63, 3.8) is 0 Å². The van der Waals surface area contributed by atoms with Crippen LogP contribution in [0.2, 0.25) is 5.04 Å². The minimum atomic E-state index is -4.74. The summed E-state index contributed by atoms with van der Waals surface area (Å²) in [5, 5.41) is 10.4. The quantitative estimate of drug-likeness (QED) is 0.0778. The lowest BCUT2D eigenvalue weighted by Gasteiger charge is -2.43. The molecule has 0 aliphatic rings. The molecule has 5 rings (SSSR count). The number of rotatable bonds is 15. The van der Waals surface area contributed by atoms with Gasteiger partial charge in [0.15, 0.2) is 9.84 Å². The molecule has 284 valence electrons. The molecule has 1 heterocycles. The van der Waals surface area contributed by atoms with Crippen LogP contribution >= 0.6 is 0 Å². The number of benzene rings is 4. The molecule has 0 saturated heterocycles. The molecule has 0 atom stereocenters. The number of carbonyl (C=O) groups excluding carboxylic acids is 1. The summed E-state index contributed by atoms with van der Waals surface area (Å²) in [4.78, 5) is 20.6. The summed E-state index contributed by atoms with van der Waals surface area (Å²) >= 11 is 0. The highest BCUT2D eigenvalue weighted by Crippen LogP contribution is 2.37. The zero-order valence-electron chi connectivity index (χ0n) is 30.3. The van der Waals surface area contributed by atoms with E-state index in [4.69, 9.17) is 9.16 Å². The first-order chi connectivity index (χ1) is 25.6. The Morgan fingerprint density at radius 1 is 0.815 bits per heavy atom. The van der Waals surface area contributed by atoms with Crippen molar-refractivity contribution in [2.75, 3.05) is 42.0 Å². The van der Waals surface area contributed by atoms with E-state index < -0.39 is 35.7 Å². The van der Waals surface area contributed by atoms with Crippen molar-refractivity contribution in [2.45, 2.75) is 43.4 Å². The largest absolute Gasteiger partial charge is 0.421 e. The Labute approximate surface area is 314 Å². The predicted molar refractivity (Wildman–Crippen MR) is 207 cm³/mol. The average Bonchev–Trinajstić information content (AvgIpc) is 3.13. The lowest BCUT2D eigenvalue weighted by atomic mass is 10.2. The Kier molecular flexibility index (Phi) is 12.6. The average molecular weight is 778 g/mol. The Hall–Kier alpha value is -5.09. The summed E-state index contributed by atoms with van der Waals surface area (Å²) in [6, 6.07) is 32.8. The number of sulfone groups is 1. The third-order valence-corrected chi connectivity index (χ3v) is 14.7. The van der Waals surface area contributed by atoms with Crippen LogP contribution in [0, 0.1) is 0 Å². The summed E-state index contributed by atoms with van der Waals surface area (Å²) < 4.78 is 77.6. The van der Waals surface area contributed by atoms with E-state index in [1.807, 2.05) is 36.4 Å². The fourth-order valence-corrected chi connectivity index (χ4v) is 11.2. The van der Waals surface area contributed by atoms with Gasteiger partial charge in [-0.05, 0) is 57.4 Å². The van der Waals surface area contributed by atoms with Crippen molar-refractivity contribution in [3.05, 3.63) is 127 Å². The third kappa shape index (κ3) is 10.1. The second kappa shape index (κ2) is 16.9. The van der Waals surface area contributed by atoms with Gasteiger partial charge in [-0.3, -0.25) is 4.79 Å². The molecule has 0 unspecified atom stereocenters. The second-order valence-corrected chi connectivity index (χ2v) is 19.9. The van der Waals surface area contributed by atoms with E-state index in [2.05, 4.69) is 71.0 Å². The molecule has 1 aromatic heterocycles. The standard InChI is InChI=1S/C39H42F3N5O5SSi/c1-38(2,3)54(32-14-7-5-8-15-32,33-16-9-6-10-17-33)52-23-22-51-27-35(48)45-29-18-20-30(21-19-29)46-37-44-26-34(39(40,41)42)36(47-37)43-25-28-12-11-13-31(24-28)53(4,49)50/h5-21,24,26H,22-23,25,27H2,1-4H3,(H,45,48)(H2,43,44,46,47). The van der Waals surface area contributed by atoms with E-state index >= 15 is 0 Å². The van der Waals surface area contributed by atoms with Crippen LogP contribution in [0.15, 0.2) is 120 Å². The van der Waals surface area contributed by atoms with Crippen LogP contribution in [0.25, 0.3) is 0 Å². The molecule has 54 heavy (non-hydrogen) atoms. The molecule has 5 aromatic rings. The summed E-state index contributed by atoms with van der Waals surface area (Å²) in [6.07, 6.45) is -3.03. The number of anilines is 4. The molecule has 0 fully saturated rings. The van der Waals surface area contributed by atoms with Crippen LogP contribution in [0.3, 0.4) is 0 Å². The summed E-state index contributed by atoms with van der Waals surface area (Å²) in [5.41, 5.74) is 0.300. The molecule has 1 amide bonds. The van der Waals surface area contributed by atoms with Crippen molar-refractivity contribution in [2.24, 2.45) is 0 Å². The van der Waals surface area contributed by atoms with Crippen LogP contribution in [0.5, 0.6) is 0 Å². The van der Waals surface area contributed by atoms with Gasteiger partial charge in [0.05, 0.1) is 18.1 Å². The van der Waals surface area contributed by atoms with Crippen molar-refractivity contribution in [1.82, 2.24) is 9.97 Å². The molecule has 0 aliphatic heterocycles. The van der Waals surface area contributed by atoms with Crippen molar-refractivity contribution < 1.29 is 35.5 Å². The number of halogens is 3. The minimum absolute atomic E-state index is 0.0480. The normalized spacial score (nSPS) is 12.3. The molecule has 0 spiro atoms. The smallest absolute Gasteiger partial charge is 0.405 e. The first-order valence-corrected chi connectivity index (χ1v) is 20.8. The number of aromatic nitrogens is 2. The van der Waals surface area contributed by atoms with Crippen LogP contribution < -0.4 is 26.3 Å². The SMILES string of the molecule is CC(C)(C)[Si](OCCOCC(=O)Nc1ccc(Nc2ncc(C(F)(F)F)c(NCc3cccc(S(C)(=O)=O)c3)n2)cc1)(c1ccccc1)c1ccccc1. The molecular formula is C39H42F3N5O5SSi. The number of ether oxygens (including phenoxy) is 1. The van der Waals surface area contributed by atoms with Gasteiger partial charge in [-0.15, -0.1) is 0 Å². The molecule has 3 N–H and O–H groups in total. The van der Waals surface area contributed by atoms with Gasteiger partial charge >= 0.3 is 6.18 Å². The highest BCUT2D eigenvalue weighted by atomic mass is 32.2. The van der Waals surface area contributed by atoms with E-state index in [1.165, 1.54) is 18.2 Å². The van der Waals surface area contributed by atoms with Crippen molar-refractivity contribution in [1.29, 1.82) is 0 Å². The third-order valence-electron chi connectivity index (χ3n) is 8.50. The number of nitrogens with one attached hydrogen (secondary N) is 3. The van der Waals surface area contributed by atoms with Crippen LogP contribution in [-0.4, -0.2) is 58.7 Å². The molecule has 0 saturated carbocycles. The molecule has 10 nitrogen and oxygen atoms in total. The van der Waals surface area contributed by atoms with Gasteiger partial charge in [-0.2, -0.15) is 18.2 Å². The maximum atomic E-state index is 13.8. The molecule has 0 radical (unpaired) electrons.